The van der Waals surface area contributed by atoms with Crippen molar-refractivity contribution in [2.45, 2.75) is 6.54 Å². The Morgan fingerprint density at radius 3 is 2.94 bits per heavy atom. The number of nitrogens with zero attached hydrogens (tertiary/aromatic N) is 3. The van der Waals surface area contributed by atoms with E-state index < -0.39 is 5.82 Å². The van der Waals surface area contributed by atoms with E-state index in [-0.39, 0.29) is 10.8 Å². The molecule has 0 unspecified atom stereocenters. The lowest BCUT2D eigenvalue weighted by Crippen LogP contribution is -2.04. The van der Waals surface area contributed by atoms with E-state index in [4.69, 9.17) is 11.6 Å². The summed E-state index contributed by atoms with van der Waals surface area (Å²) < 4.78 is 13.3. The molecule has 6 heteroatoms. The summed E-state index contributed by atoms with van der Waals surface area (Å²) in [4.78, 5) is 11.6. The van der Waals surface area contributed by atoms with Crippen LogP contribution in [0.5, 0.6) is 0 Å². The molecule has 0 saturated heterocycles. The molecule has 4 nitrogen and oxygen atoms in total. The van der Waals surface area contributed by atoms with Crippen LogP contribution in [-0.4, -0.2) is 15.0 Å². The number of rotatable bonds is 3. The zero-order valence-corrected chi connectivity index (χ0v) is 8.95. The SMILES string of the molecule is Fc1cc(Cl)cnc1NCc1ccncn1. The molecular weight excluding hydrogens is 231 g/mol. The Balaban J connectivity index is 2.05. The molecule has 2 aromatic heterocycles. The van der Waals surface area contributed by atoms with Gasteiger partial charge in [0.2, 0.25) is 0 Å². The van der Waals surface area contributed by atoms with E-state index in [2.05, 4.69) is 20.3 Å². The minimum absolute atomic E-state index is 0.156. The maximum absolute atomic E-state index is 13.3. The van der Waals surface area contributed by atoms with Crippen molar-refractivity contribution in [2.24, 2.45) is 0 Å². The topological polar surface area (TPSA) is 50.7 Å². The second kappa shape index (κ2) is 4.85. The van der Waals surface area contributed by atoms with Gasteiger partial charge in [-0.1, -0.05) is 11.6 Å². The van der Waals surface area contributed by atoms with Crippen molar-refractivity contribution in [1.29, 1.82) is 0 Å². The van der Waals surface area contributed by atoms with Gasteiger partial charge in [0.05, 0.1) is 17.3 Å². The van der Waals surface area contributed by atoms with E-state index in [1.54, 1.807) is 12.3 Å². The molecule has 0 aliphatic rings. The summed E-state index contributed by atoms with van der Waals surface area (Å²) in [6, 6.07) is 2.94. The Morgan fingerprint density at radius 2 is 2.25 bits per heavy atom. The third-order valence-electron chi connectivity index (χ3n) is 1.89. The van der Waals surface area contributed by atoms with Crippen LogP contribution in [0, 0.1) is 5.82 Å². The van der Waals surface area contributed by atoms with Gasteiger partial charge in [0.1, 0.15) is 6.33 Å². The molecular formula is C10H8ClFN4. The molecule has 82 valence electrons. The van der Waals surface area contributed by atoms with Crippen LogP contribution in [0.2, 0.25) is 5.02 Å². The molecule has 0 aliphatic carbocycles. The fraction of sp³-hybridized carbons (Fsp3) is 0.100. The zero-order valence-electron chi connectivity index (χ0n) is 8.19. The van der Waals surface area contributed by atoms with Crippen molar-refractivity contribution < 1.29 is 4.39 Å². The summed E-state index contributed by atoms with van der Waals surface area (Å²) in [6.07, 6.45) is 4.44. The normalized spacial score (nSPS) is 10.1. The molecule has 2 rings (SSSR count). The average molecular weight is 239 g/mol. The van der Waals surface area contributed by atoms with Gasteiger partial charge >= 0.3 is 0 Å². The Labute approximate surface area is 96.5 Å². The maximum Gasteiger partial charge on any atom is 0.166 e. The number of hydrogen-bond donors (Lipinski definition) is 1. The highest BCUT2D eigenvalue weighted by Gasteiger charge is 2.04. The van der Waals surface area contributed by atoms with Gasteiger partial charge in [-0.25, -0.2) is 19.3 Å². The number of hydrogen-bond acceptors (Lipinski definition) is 4. The lowest BCUT2D eigenvalue weighted by molar-refractivity contribution is 0.624. The molecule has 0 saturated carbocycles. The lowest BCUT2D eigenvalue weighted by Gasteiger charge is -2.05. The Bertz CT molecular complexity index is 478. The molecule has 2 heterocycles. The van der Waals surface area contributed by atoms with Crippen LogP contribution in [0.1, 0.15) is 5.69 Å². The van der Waals surface area contributed by atoms with Crippen molar-refractivity contribution in [3.05, 3.63) is 47.4 Å². The van der Waals surface area contributed by atoms with E-state index in [9.17, 15) is 4.39 Å². The minimum atomic E-state index is -0.485. The van der Waals surface area contributed by atoms with E-state index >= 15 is 0 Å². The van der Waals surface area contributed by atoms with Crippen LogP contribution in [-0.2, 0) is 6.54 Å². The third kappa shape index (κ3) is 2.64. The van der Waals surface area contributed by atoms with Gasteiger partial charge in [-0.2, -0.15) is 0 Å². The molecule has 0 fully saturated rings. The van der Waals surface area contributed by atoms with E-state index in [0.717, 1.165) is 5.69 Å². The molecule has 0 aliphatic heterocycles. The second-order valence-corrected chi connectivity index (χ2v) is 3.47. The molecule has 0 amide bonds. The number of aromatic nitrogens is 3. The third-order valence-corrected chi connectivity index (χ3v) is 2.09. The van der Waals surface area contributed by atoms with Gasteiger partial charge in [-0.15, -0.1) is 0 Å². The molecule has 0 bridgehead atoms. The van der Waals surface area contributed by atoms with Crippen molar-refractivity contribution in [1.82, 2.24) is 15.0 Å². The Kier molecular flexibility index (Phi) is 3.26. The van der Waals surface area contributed by atoms with Crippen LogP contribution >= 0.6 is 11.6 Å². The molecule has 0 atom stereocenters. The summed E-state index contributed by atoms with van der Waals surface area (Å²) in [7, 11) is 0. The molecule has 0 radical (unpaired) electrons. The van der Waals surface area contributed by atoms with Gasteiger partial charge in [-0.05, 0) is 12.1 Å². The predicted octanol–water partition coefficient (Wildman–Crippen LogP) is 2.28. The van der Waals surface area contributed by atoms with Gasteiger partial charge in [0, 0.05) is 12.4 Å². The minimum Gasteiger partial charge on any atom is -0.362 e. The van der Waals surface area contributed by atoms with Gasteiger partial charge in [0.15, 0.2) is 11.6 Å². The Hall–Kier alpha value is -1.75. The fourth-order valence-corrected chi connectivity index (χ4v) is 1.29. The van der Waals surface area contributed by atoms with Crippen LogP contribution in [0.4, 0.5) is 10.2 Å². The molecule has 16 heavy (non-hydrogen) atoms. The van der Waals surface area contributed by atoms with Crippen molar-refractivity contribution in [3.8, 4) is 0 Å². The summed E-state index contributed by atoms with van der Waals surface area (Å²) in [6.45, 7) is 0.383. The largest absolute Gasteiger partial charge is 0.362 e. The van der Waals surface area contributed by atoms with Crippen LogP contribution < -0.4 is 5.32 Å². The second-order valence-electron chi connectivity index (χ2n) is 3.04. The van der Waals surface area contributed by atoms with Crippen molar-refractivity contribution in [2.75, 3.05) is 5.32 Å². The zero-order chi connectivity index (χ0) is 11.4. The van der Waals surface area contributed by atoms with Gasteiger partial charge in [-0.3, -0.25) is 0 Å². The highest BCUT2D eigenvalue weighted by Crippen LogP contribution is 2.15. The lowest BCUT2D eigenvalue weighted by atomic mass is 10.4. The summed E-state index contributed by atoms with van der Waals surface area (Å²) >= 11 is 5.58. The first-order valence-electron chi connectivity index (χ1n) is 4.55. The molecule has 1 N–H and O–H groups in total. The summed E-state index contributed by atoms with van der Waals surface area (Å²) in [5.74, 6) is -0.329. The number of pyridine rings is 1. The van der Waals surface area contributed by atoms with Crippen molar-refractivity contribution in [3.63, 3.8) is 0 Å². The molecule has 2 aromatic rings. The molecule has 0 aromatic carbocycles. The van der Waals surface area contributed by atoms with Crippen LogP contribution in [0.15, 0.2) is 30.9 Å². The predicted molar refractivity (Wildman–Crippen MR) is 58.6 cm³/mol. The number of anilines is 1. The summed E-state index contributed by atoms with van der Waals surface area (Å²) in [5, 5.41) is 3.09. The first kappa shape index (κ1) is 10.8. The van der Waals surface area contributed by atoms with Crippen LogP contribution in [0.3, 0.4) is 0 Å². The standard InChI is InChI=1S/C10H8ClFN4/c11-7-3-9(12)10(14-4-7)15-5-8-1-2-13-6-16-8/h1-4,6H,5H2,(H,14,15). The van der Waals surface area contributed by atoms with Gasteiger partial charge < -0.3 is 5.32 Å². The van der Waals surface area contributed by atoms with Crippen LogP contribution in [0.25, 0.3) is 0 Å². The number of nitrogens with one attached hydrogen (secondary N) is 1. The number of halogens is 2. The fourth-order valence-electron chi connectivity index (χ4n) is 1.14. The highest BCUT2D eigenvalue weighted by molar-refractivity contribution is 6.30. The first-order chi connectivity index (χ1) is 7.75. The molecule has 0 spiro atoms. The van der Waals surface area contributed by atoms with Crippen molar-refractivity contribution >= 4 is 17.4 Å². The quantitative estimate of drug-likeness (QED) is 0.891. The highest BCUT2D eigenvalue weighted by atomic mass is 35.5. The summed E-state index contributed by atoms with van der Waals surface area (Å²) in [5.41, 5.74) is 0.756. The average Bonchev–Trinajstić information content (AvgIpc) is 2.29. The first-order valence-corrected chi connectivity index (χ1v) is 4.93. The smallest absolute Gasteiger partial charge is 0.166 e. The maximum atomic E-state index is 13.3. The van der Waals surface area contributed by atoms with E-state index in [1.807, 2.05) is 0 Å². The van der Waals surface area contributed by atoms with Gasteiger partial charge in [0.25, 0.3) is 0 Å². The monoisotopic (exact) mass is 238 g/mol. The van der Waals surface area contributed by atoms with E-state index in [1.165, 1.54) is 18.6 Å². The van der Waals surface area contributed by atoms with E-state index in [0.29, 0.717) is 6.54 Å². The Morgan fingerprint density at radius 1 is 1.38 bits per heavy atom.